The van der Waals surface area contributed by atoms with Crippen LogP contribution in [0.5, 0.6) is 0 Å². The average Bonchev–Trinajstić information content (AvgIpc) is 2.98. The molecule has 2 heterocycles. The summed E-state index contributed by atoms with van der Waals surface area (Å²) in [5.41, 5.74) is 3.54. The molecule has 1 aromatic heterocycles. The highest BCUT2D eigenvalue weighted by Gasteiger charge is 2.57. The number of anilines is 1. The van der Waals surface area contributed by atoms with Crippen molar-refractivity contribution in [3.8, 4) is 0 Å². The summed E-state index contributed by atoms with van der Waals surface area (Å²) in [6.07, 6.45) is 0. The van der Waals surface area contributed by atoms with E-state index in [2.05, 4.69) is 24.6 Å². The predicted molar refractivity (Wildman–Crippen MR) is 87.7 cm³/mol. The van der Waals surface area contributed by atoms with E-state index < -0.39 is 52.1 Å². The smallest absolute Gasteiger partial charge is 0.276 e. The number of carboxylic acid groups (broad SMARTS) is 1. The first-order valence-corrected chi connectivity index (χ1v) is 9.45. The SMILES string of the molecule is CC1(C)C(NC(=O)/C(=N\OCC(=O)[O-])c2csc(N)n2)C(=O)N1OS(=O)(=O)[O-]. The Morgan fingerprint density at radius 1 is 1.50 bits per heavy atom. The Hall–Kier alpha value is -2.82. The van der Waals surface area contributed by atoms with Gasteiger partial charge in [0.05, 0.1) is 11.5 Å². The molecule has 0 bridgehead atoms. The number of β-lactam (4-membered cyclic amide) rings is 1. The zero-order valence-corrected chi connectivity index (χ0v) is 15.9. The van der Waals surface area contributed by atoms with E-state index in [1.54, 1.807) is 0 Å². The second-order valence-corrected chi connectivity index (χ2v) is 7.69. The number of nitrogens with one attached hydrogen (secondary N) is 1. The minimum Gasteiger partial charge on any atom is -0.724 e. The number of thiazole rings is 1. The van der Waals surface area contributed by atoms with Crippen LogP contribution in [0, 0.1) is 0 Å². The molecule has 0 spiro atoms. The van der Waals surface area contributed by atoms with Gasteiger partial charge in [-0.05, 0) is 13.8 Å². The third-order valence-electron chi connectivity index (χ3n) is 3.44. The summed E-state index contributed by atoms with van der Waals surface area (Å²) >= 11 is 0.961. The number of hydrogen-bond donors (Lipinski definition) is 2. The lowest BCUT2D eigenvalue weighted by molar-refractivity contribution is -0.309. The van der Waals surface area contributed by atoms with Crippen molar-refractivity contribution in [2.75, 3.05) is 12.3 Å². The molecule has 154 valence electrons. The molecule has 0 aliphatic carbocycles. The van der Waals surface area contributed by atoms with Crippen molar-refractivity contribution >= 4 is 50.4 Å². The van der Waals surface area contributed by atoms with Crippen LogP contribution in [0.25, 0.3) is 0 Å². The average molecular weight is 435 g/mol. The van der Waals surface area contributed by atoms with Crippen molar-refractivity contribution in [1.29, 1.82) is 0 Å². The molecular formula is C12H13N5O9S2-2. The number of nitrogen functional groups attached to an aromatic ring is 1. The van der Waals surface area contributed by atoms with Crippen molar-refractivity contribution in [2.45, 2.75) is 25.4 Å². The Morgan fingerprint density at radius 2 is 2.14 bits per heavy atom. The van der Waals surface area contributed by atoms with Gasteiger partial charge in [0.15, 0.2) is 17.5 Å². The van der Waals surface area contributed by atoms with E-state index in [1.807, 2.05) is 0 Å². The zero-order chi connectivity index (χ0) is 21.3. The van der Waals surface area contributed by atoms with Crippen LogP contribution in [0.1, 0.15) is 19.5 Å². The highest BCUT2D eigenvalue weighted by Crippen LogP contribution is 2.32. The summed E-state index contributed by atoms with van der Waals surface area (Å²) < 4.78 is 36.1. The Balaban J connectivity index is 2.19. The first-order valence-electron chi connectivity index (χ1n) is 7.24. The number of oxime groups is 1. The number of carbonyl (C=O) groups is 3. The molecule has 1 saturated heterocycles. The summed E-state index contributed by atoms with van der Waals surface area (Å²) in [6, 6.07) is -1.29. The lowest BCUT2D eigenvalue weighted by Gasteiger charge is -2.51. The van der Waals surface area contributed by atoms with Gasteiger partial charge in [-0.1, -0.05) is 5.16 Å². The van der Waals surface area contributed by atoms with Crippen molar-refractivity contribution in [3.63, 3.8) is 0 Å². The van der Waals surface area contributed by atoms with Crippen molar-refractivity contribution in [3.05, 3.63) is 11.1 Å². The molecule has 1 aromatic rings. The number of amides is 2. The van der Waals surface area contributed by atoms with Gasteiger partial charge in [-0.2, -0.15) is 9.35 Å². The number of aromatic nitrogens is 1. The van der Waals surface area contributed by atoms with Gasteiger partial charge < -0.3 is 30.3 Å². The molecule has 16 heteroatoms. The van der Waals surface area contributed by atoms with Gasteiger partial charge >= 0.3 is 0 Å². The molecule has 2 amide bonds. The van der Waals surface area contributed by atoms with E-state index in [1.165, 1.54) is 19.2 Å². The molecule has 1 unspecified atom stereocenters. The van der Waals surface area contributed by atoms with Gasteiger partial charge in [0.1, 0.15) is 11.7 Å². The third kappa shape index (κ3) is 4.71. The number of carboxylic acids is 1. The summed E-state index contributed by atoms with van der Waals surface area (Å²) in [5.74, 6) is -3.60. The van der Waals surface area contributed by atoms with Gasteiger partial charge in [0.2, 0.25) is 10.4 Å². The lowest BCUT2D eigenvalue weighted by Crippen LogP contribution is -2.76. The lowest BCUT2D eigenvalue weighted by atomic mass is 9.84. The first-order chi connectivity index (χ1) is 12.8. The fraction of sp³-hybridized carbons (Fsp3) is 0.417. The number of hydrogen-bond acceptors (Lipinski definition) is 13. The molecule has 2 rings (SSSR count). The predicted octanol–water partition coefficient (Wildman–Crippen LogP) is -3.31. The van der Waals surface area contributed by atoms with Gasteiger partial charge in [-0.25, -0.2) is 13.4 Å². The minimum atomic E-state index is -5.20. The Labute approximate surface area is 161 Å². The monoisotopic (exact) mass is 435 g/mol. The fourth-order valence-corrected chi connectivity index (χ4v) is 3.16. The fourth-order valence-electron chi connectivity index (χ4n) is 2.17. The number of rotatable bonds is 8. The minimum absolute atomic E-state index is 0.0573. The van der Waals surface area contributed by atoms with Gasteiger partial charge in [-0.3, -0.25) is 9.59 Å². The van der Waals surface area contributed by atoms with Gasteiger partial charge in [0.25, 0.3) is 11.8 Å². The molecule has 14 nitrogen and oxygen atoms in total. The maximum absolute atomic E-state index is 12.5. The van der Waals surface area contributed by atoms with Crippen LogP contribution in [0.2, 0.25) is 0 Å². The van der Waals surface area contributed by atoms with Crippen LogP contribution < -0.4 is 16.2 Å². The second kappa shape index (κ2) is 7.66. The molecule has 1 aliphatic rings. The second-order valence-electron chi connectivity index (χ2n) is 5.83. The number of nitrogens with zero attached hydrogens (tertiary/aromatic N) is 3. The van der Waals surface area contributed by atoms with Crippen LogP contribution in [0.15, 0.2) is 10.5 Å². The number of carbonyl (C=O) groups excluding carboxylic acids is 3. The Kier molecular flexibility index (Phi) is 5.88. The first kappa shape index (κ1) is 21.5. The molecule has 0 aromatic carbocycles. The number of aliphatic carboxylic acids is 1. The number of hydroxylamine groups is 2. The van der Waals surface area contributed by atoms with Crippen molar-refractivity contribution in [1.82, 2.24) is 15.4 Å². The summed E-state index contributed by atoms with van der Waals surface area (Å²) in [6.45, 7) is 1.71. The van der Waals surface area contributed by atoms with Crippen LogP contribution in [-0.2, 0) is 33.9 Å². The molecule has 0 saturated carbocycles. The Bertz CT molecular complexity index is 939. The number of nitrogens with two attached hydrogens (primary N) is 1. The maximum Gasteiger partial charge on any atom is 0.276 e. The quantitative estimate of drug-likeness (QED) is 0.135. The topological polar surface area (TPSA) is 216 Å². The summed E-state index contributed by atoms with van der Waals surface area (Å²) in [7, 11) is -5.20. The Morgan fingerprint density at radius 3 is 2.61 bits per heavy atom. The zero-order valence-electron chi connectivity index (χ0n) is 14.3. The largest absolute Gasteiger partial charge is 0.724 e. The van der Waals surface area contributed by atoms with E-state index in [0.29, 0.717) is 5.06 Å². The molecule has 28 heavy (non-hydrogen) atoms. The highest BCUT2D eigenvalue weighted by atomic mass is 32.3. The molecule has 1 aliphatic heterocycles. The van der Waals surface area contributed by atoms with E-state index in [0.717, 1.165) is 11.3 Å². The molecular weight excluding hydrogens is 422 g/mol. The normalized spacial score (nSPS) is 19.1. The van der Waals surface area contributed by atoms with Crippen LogP contribution in [-0.4, -0.2) is 64.7 Å². The molecule has 1 atom stereocenters. The molecule has 3 N–H and O–H groups in total. The van der Waals surface area contributed by atoms with Gasteiger partial charge in [0, 0.05) is 5.38 Å². The molecule has 1 fully saturated rings. The summed E-state index contributed by atoms with van der Waals surface area (Å²) in [4.78, 5) is 43.3. The van der Waals surface area contributed by atoms with Crippen molar-refractivity contribution < 1.29 is 41.6 Å². The van der Waals surface area contributed by atoms with E-state index in [4.69, 9.17) is 5.73 Å². The van der Waals surface area contributed by atoms with E-state index in [9.17, 15) is 32.5 Å². The van der Waals surface area contributed by atoms with Gasteiger partial charge in [-0.15, -0.1) is 11.3 Å². The van der Waals surface area contributed by atoms with E-state index in [-0.39, 0.29) is 10.8 Å². The van der Waals surface area contributed by atoms with Crippen molar-refractivity contribution in [2.24, 2.45) is 5.16 Å². The molecule has 0 radical (unpaired) electrons. The van der Waals surface area contributed by atoms with Crippen LogP contribution >= 0.6 is 11.3 Å². The maximum atomic E-state index is 12.5. The van der Waals surface area contributed by atoms with Crippen LogP contribution in [0.3, 0.4) is 0 Å². The standard InChI is InChI=1S/C12H15N5O9S2/c1-12(2)8(10(21)17(12)26-28(22,23)24)15-9(20)7(16-25-3-6(18)19)5-4-27-11(13)14-5/h4,8H,3H2,1-2H3,(H2,13,14)(H,15,20)(H,18,19)(H,22,23,24)/p-2/b16-7-. The highest BCUT2D eigenvalue weighted by molar-refractivity contribution is 7.80. The van der Waals surface area contributed by atoms with Crippen LogP contribution in [0.4, 0.5) is 5.13 Å². The summed E-state index contributed by atoms with van der Waals surface area (Å²) in [5, 5.41) is 17.8. The van der Waals surface area contributed by atoms with E-state index >= 15 is 0 Å². The third-order valence-corrected chi connectivity index (χ3v) is 4.44.